The predicted octanol–water partition coefficient (Wildman–Crippen LogP) is 1.29. The van der Waals surface area contributed by atoms with Gasteiger partial charge in [0.05, 0.1) is 10.6 Å². The fraction of sp³-hybridized carbons (Fsp3) is 0.267. The number of carbonyl (C=O) groups is 1. The molecule has 0 aliphatic rings. The number of thiazole rings is 1. The maximum atomic E-state index is 12.3. The van der Waals surface area contributed by atoms with E-state index in [9.17, 15) is 13.2 Å². The van der Waals surface area contributed by atoms with Crippen LogP contribution < -0.4 is 16.4 Å². The SMILES string of the molecule is CCc1cc(N(C)c2nccs2)c(S(C)(=O)=O)cc1C(=O)N=C(N)N. The monoisotopic (exact) mass is 381 g/mol. The van der Waals surface area contributed by atoms with Crippen LogP contribution in [0.25, 0.3) is 0 Å². The number of benzene rings is 1. The highest BCUT2D eigenvalue weighted by molar-refractivity contribution is 7.90. The van der Waals surface area contributed by atoms with Gasteiger partial charge in [0.1, 0.15) is 0 Å². The second-order valence-corrected chi connectivity index (χ2v) is 8.18. The summed E-state index contributed by atoms with van der Waals surface area (Å²) in [6.07, 6.45) is 3.22. The molecule has 8 nitrogen and oxygen atoms in total. The van der Waals surface area contributed by atoms with E-state index in [0.717, 1.165) is 6.26 Å². The van der Waals surface area contributed by atoms with Gasteiger partial charge in [0.15, 0.2) is 20.9 Å². The molecule has 2 aromatic rings. The van der Waals surface area contributed by atoms with Crippen LogP contribution in [0.3, 0.4) is 0 Å². The number of sulfone groups is 1. The summed E-state index contributed by atoms with van der Waals surface area (Å²) in [6, 6.07) is 2.98. The van der Waals surface area contributed by atoms with Crippen LogP contribution in [0.1, 0.15) is 22.8 Å². The third kappa shape index (κ3) is 4.15. The van der Waals surface area contributed by atoms with Crippen LogP contribution in [0.4, 0.5) is 10.8 Å². The number of aryl methyl sites for hydroxylation is 1. The first-order chi connectivity index (χ1) is 11.6. The van der Waals surface area contributed by atoms with Crippen molar-refractivity contribution in [3.8, 4) is 0 Å². The van der Waals surface area contributed by atoms with E-state index in [0.29, 0.717) is 22.8 Å². The zero-order valence-corrected chi connectivity index (χ0v) is 15.7. The topological polar surface area (TPSA) is 132 Å². The van der Waals surface area contributed by atoms with Crippen molar-refractivity contribution in [1.82, 2.24) is 4.98 Å². The number of rotatable bonds is 5. The van der Waals surface area contributed by atoms with E-state index in [2.05, 4.69) is 9.98 Å². The summed E-state index contributed by atoms with van der Waals surface area (Å²) in [4.78, 5) is 21.7. The molecule has 1 aromatic heterocycles. The number of aromatic nitrogens is 1. The largest absolute Gasteiger partial charge is 0.370 e. The Morgan fingerprint density at radius 1 is 1.36 bits per heavy atom. The van der Waals surface area contributed by atoms with Gasteiger partial charge in [-0.3, -0.25) is 4.79 Å². The van der Waals surface area contributed by atoms with Gasteiger partial charge < -0.3 is 16.4 Å². The van der Waals surface area contributed by atoms with Gasteiger partial charge in [-0.2, -0.15) is 4.99 Å². The maximum absolute atomic E-state index is 12.3. The van der Waals surface area contributed by atoms with Crippen molar-refractivity contribution in [2.24, 2.45) is 16.5 Å². The Balaban J connectivity index is 2.72. The number of anilines is 2. The van der Waals surface area contributed by atoms with Gasteiger partial charge in [0.25, 0.3) is 5.91 Å². The second kappa shape index (κ2) is 7.19. The molecule has 1 aromatic carbocycles. The number of amides is 1. The van der Waals surface area contributed by atoms with Crippen LogP contribution in [0.2, 0.25) is 0 Å². The number of guanidine groups is 1. The van der Waals surface area contributed by atoms with Gasteiger partial charge in [0, 0.05) is 30.4 Å². The van der Waals surface area contributed by atoms with Crippen molar-refractivity contribution in [3.05, 3.63) is 34.8 Å². The van der Waals surface area contributed by atoms with Crippen LogP contribution in [0.5, 0.6) is 0 Å². The fourth-order valence-corrected chi connectivity index (χ4v) is 3.85. The molecule has 0 fully saturated rings. The average Bonchev–Trinajstić information content (AvgIpc) is 3.05. The normalized spacial score (nSPS) is 11.2. The molecular weight excluding hydrogens is 362 g/mol. The van der Waals surface area contributed by atoms with Crippen LogP contribution in [-0.2, 0) is 16.3 Å². The van der Waals surface area contributed by atoms with E-state index in [1.807, 2.05) is 6.92 Å². The molecule has 0 spiro atoms. The highest BCUT2D eigenvalue weighted by atomic mass is 32.2. The van der Waals surface area contributed by atoms with Crippen molar-refractivity contribution < 1.29 is 13.2 Å². The van der Waals surface area contributed by atoms with E-state index in [1.165, 1.54) is 17.4 Å². The summed E-state index contributed by atoms with van der Waals surface area (Å²) < 4.78 is 24.6. The molecule has 2 rings (SSSR count). The van der Waals surface area contributed by atoms with Crippen LogP contribution in [0.15, 0.2) is 33.6 Å². The smallest absolute Gasteiger partial charge is 0.280 e. The first-order valence-corrected chi connectivity index (χ1v) is 10.1. The number of nitrogens with zero attached hydrogens (tertiary/aromatic N) is 3. The van der Waals surface area contributed by atoms with E-state index < -0.39 is 15.7 Å². The summed E-state index contributed by atoms with van der Waals surface area (Å²) in [5.41, 5.74) is 11.8. The third-order valence-corrected chi connectivity index (χ3v) is 5.47. The molecule has 0 aliphatic carbocycles. The molecule has 0 aliphatic heterocycles. The van der Waals surface area contributed by atoms with E-state index in [-0.39, 0.29) is 16.4 Å². The van der Waals surface area contributed by atoms with E-state index in [1.54, 1.807) is 29.6 Å². The molecule has 0 saturated carbocycles. The Morgan fingerprint density at radius 3 is 2.52 bits per heavy atom. The summed E-state index contributed by atoms with van der Waals surface area (Å²) in [5.74, 6) is -1.05. The molecule has 0 bridgehead atoms. The van der Waals surface area contributed by atoms with Gasteiger partial charge in [-0.05, 0) is 24.1 Å². The Morgan fingerprint density at radius 2 is 2.04 bits per heavy atom. The van der Waals surface area contributed by atoms with Crippen molar-refractivity contribution in [1.29, 1.82) is 0 Å². The van der Waals surface area contributed by atoms with Crippen LogP contribution >= 0.6 is 11.3 Å². The first-order valence-electron chi connectivity index (χ1n) is 7.29. The minimum atomic E-state index is -3.61. The average molecular weight is 381 g/mol. The van der Waals surface area contributed by atoms with Gasteiger partial charge in [-0.1, -0.05) is 6.92 Å². The van der Waals surface area contributed by atoms with E-state index >= 15 is 0 Å². The second-order valence-electron chi connectivity index (χ2n) is 5.32. The van der Waals surface area contributed by atoms with Crippen molar-refractivity contribution in [2.75, 3.05) is 18.2 Å². The molecule has 0 radical (unpaired) electrons. The van der Waals surface area contributed by atoms with Crippen molar-refractivity contribution in [2.45, 2.75) is 18.2 Å². The molecular formula is C15H19N5O3S2. The zero-order valence-electron chi connectivity index (χ0n) is 14.1. The number of carbonyl (C=O) groups excluding carboxylic acids is 1. The maximum Gasteiger partial charge on any atom is 0.280 e. The molecule has 25 heavy (non-hydrogen) atoms. The lowest BCUT2D eigenvalue weighted by molar-refractivity contribution is 0.100. The predicted molar refractivity (Wildman–Crippen MR) is 99.2 cm³/mol. The summed E-state index contributed by atoms with van der Waals surface area (Å²) in [6.45, 7) is 1.86. The van der Waals surface area contributed by atoms with Crippen molar-refractivity contribution in [3.63, 3.8) is 0 Å². The van der Waals surface area contributed by atoms with Crippen LogP contribution in [-0.4, -0.2) is 38.6 Å². The van der Waals surface area contributed by atoms with Crippen LogP contribution in [0, 0.1) is 0 Å². The number of nitrogens with two attached hydrogens (primary N) is 2. The molecule has 134 valence electrons. The van der Waals surface area contributed by atoms with E-state index in [4.69, 9.17) is 11.5 Å². The molecule has 10 heteroatoms. The molecule has 1 amide bonds. The lowest BCUT2D eigenvalue weighted by Gasteiger charge is -2.21. The molecule has 1 heterocycles. The molecule has 0 unspecified atom stereocenters. The lowest BCUT2D eigenvalue weighted by Crippen LogP contribution is -2.24. The fourth-order valence-electron chi connectivity index (χ4n) is 2.32. The Labute approximate surface area is 150 Å². The standard InChI is InChI=1S/C15H19N5O3S2/c1-4-9-7-11(20(2)15-18-5-6-24-15)12(25(3,22)23)8-10(9)13(21)19-14(16)17/h5-8H,4H2,1-3H3,(H4,16,17,19,21). The van der Waals surface area contributed by atoms with Gasteiger partial charge in [-0.25, -0.2) is 13.4 Å². The molecule has 0 atom stereocenters. The minimum Gasteiger partial charge on any atom is -0.370 e. The quantitative estimate of drug-likeness (QED) is 0.589. The summed E-state index contributed by atoms with van der Waals surface area (Å²) in [5, 5.41) is 2.43. The minimum absolute atomic E-state index is 0.0107. The van der Waals surface area contributed by atoms with Gasteiger partial charge in [0.2, 0.25) is 0 Å². The summed E-state index contributed by atoms with van der Waals surface area (Å²) >= 11 is 1.38. The number of hydrogen-bond acceptors (Lipinski definition) is 6. The highest BCUT2D eigenvalue weighted by Gasteiger charge is 2.23. The van der Waals surface area contributed by atoms with Crippen molar-refractivity contribution >= 4 is 43.9 Å². The lowest BCUT2D eigenvalue weighted by atomic mass is 10.0. The zero-order chi connectivity index (χ0) is 18.8. The highest BCUT2D eigenvalue weighted by Crippen LogP contribution is 2.34. The van der Waals surface area contributed by atoms with Gasteiger partial charge in [-0.15, -0.1) is 11.3 Å². The molecule has 4 N–H and O–H groups in total. The van der Waals surface area contributed by atoms with Gasteiger partial charge >= 0.3 is 0 Å². The number of hydrogen-bond donors (Lipinski definition) is 2. The third-order valence-electron chi connectivity index (χ3n) is 3.49. The summed E-state index contributed by atoms with van der Waals surface area (Å²) in [7, 11) is -1.89. The molecule has 0 saturated heterocycles. The number of aliphatic imine (C=N–C) groups is 1. The Kier molecular flexibility index (Phi) is 5.43. The Hall–Kier alpha value is -2.46. The Bertz CT molecular complexity index is 917. The first kappa shape index (κ1) is 18.9.